The average molecular weight is 419 g/mol. The summed E-state index contributed by atoms with van der Waals surface area (Å²) in [6.07, 6.45) is 12.4. The van der Waals surface area contributed by atoms with Crippen molar-refractivity contribution in [2.45, 2.75) is 118 Å². The van der Waals surface area contributed by atoms with Gasteiger partial charge in [-0.15, -0.1) is 0 Å². The highest BCUT2D eigenvalue weighted by molar-refractivity contribution is 5.09. The Kier molecular flexibility index (Phi) is 6.44. The van der Waals surface area contributed by atoms with Gasteiger partial charge in [-0.05, 0) is 122 Å². The molecular weight excluding hydrogens is 368 g/mol. The van der Waals surface area contributed by atoms with Crippen LogP contribution in [0.1, 0.15) is 106 Å². The number of rotatable bonds is 5. The molecule has 4 aliphatic carbocycles. The Morgan fingerprint density at radius 1 is 0.800 bits per heavy atom. The summed E-state index contributed by atoms with van der Waals surface area (Å²) in [5.41, 5.74) is 0.919. The van der Waals surface area contributed by atoms with E-state index in [4.69, 9.17) is 0 Å². The van der Waals surface area contributed by atoms with Crippen LogP contribution in [0, 0.1) is 58.2 Å². The highest BCUT2D eigenvalue weighted by atomic mass is 16.3. The molecule has 5 unspecified atom stereocenters. The molecule has 0 aliphatic heterocycles. The molecule has 2 heteroatoms. The molecule has 4 saturated carbocycles. The lowest BCUT2D eigenvalue weighted by Gasteiger charge is -2.61. The molecule has 0 radical (unpaired) electrons. The Labute approximate surface area is 186 Å². The van der Waals surface area contributed by atoms with E-state index in [9.17, 15) is 10.2 Å². The van der Waals surface area contributed by atoms with Gasteiger partial charge in [0, 0.05) is 0 Å². The van der Waals surface area contributed by atoms with Crippen LogP contribution in [0.5, 0.6) is 0 Å². The molecule has 4 fully saturated rings. The second kappa shape index (κ2) is 8.36. The quantitative estimate of drug-likeness (QED) is 0.522. The van der Waals surface area contributed by atoms with Gasteiger partial charge in [-0.2, -0.15) is 0 Å². The number of hydrogen-bond acceptors (Lipinski definition) is 2. The Bertz CT molecular complexity index is 601. The summed E-state index contributed by atoms with van der Waals surface area (Å²) in [7, 11) is 0. The first kappa shape index (κ1) is 23.1. The molecular formula is C28H50O2. The molecule has 0 aromatic heterocycles. The van der Waals surface area contributed by atoms with E-state index >= 15 is 0 Å². The smallest absolute Gasteiger partial charge is 0.0571 e. The van der Waals surface area contributed by atoms with Gasteiger partial charge >= 0.3 is 0 Å². The normalized spacial score (nSPS) is 49.1. The Morgan fingerprint density at radius 3 is 2.17 bits per heavy atom. The van der Waals surface area contributed by atoms with E-state index in [-0.39, 0.29) is 12.2 Å². The molecule has 2 N–H and O–H groups in total. The minimum absolute atomic E-state index is 0.0407. The van der Waals surface area contributed by atoms with Crippen LogP contribution in [-0.2, 0) is 0 Å². The van der Waals surface area contributed by atoms with Crippen LogP contribution in [-0.4, -0.2) is 22.4 Å². The highest BCUT2D eigenvalue weighted by Gasteiger charge is 2.60. The van der Waals surface area contributed by atoms with Crippen molar-refractivity contribution in [2.75, 3.05) is 0 Å². The summed E-state index contributed by atoms with van der Waals surface area (Å²) in [5, 5.41) is 21.4. The highest BCUT2D eigenvalue weighted by Crippen LogP contribution is 2.68. The molecule has 174 valence electrons. The van der Waals surface area contributed by atoms with Crippen LogP contribution < -0.4 is 0 Å². The fourth-order valence-corrected chi connectivity index (χ4v) is 9.20. The van der Waals surface area contributed by atoms with Crippen LogP contribution >= 0.6 is 0 Å². The molecule has 0 bridgehead atoms. The van der Waals surface area contributed by atoms with Crippen molar-refractivity contribution >= 4 is 0 Å². The molecule has 0 saturated heterocycles. The first-order valence-corrected chi connectivity index (χ1v) is 13.4. The van der Waals surface area contributed by atoms with Gasteiger partial charge in [0.05, 0.1) is 12.2 Å². The zero-order chi connectivity index (χ0) is 21.8. The Hall–Kier alpha value is -0.0800. The van der Waals surface area contributed by atoms with E-state index in [1.54, 1.807) is 0 Å². The van der Waals surface area contributed by atoms with Crippen molar-refractivity contribution in [3.63, 3.8) is 0 Å². The second-order valence-electron chi connectivity index (χ2n) is 13.2. The maximum atomic E-state index is 11.1. The van der Waals surface area contributed by atoms with Gasteiger partial charge in [0.1, 0.15) is 0 Å². The zero-order valence-electron chi connectivity index (χ0n) is 20.7. The average Bonchev–Trinajstić information content (AvgIpc) is 3.03. The van der Waals surface area contributed by atoms with Crippen molar-refractivity contribution in [1.82, 2.24) is 0 Å². The number of aliphatic hydroxyl groups is 2. The maximum Gasteiger partial charge on any atom is 0.0571 e. The fraction of sp³-hybridized carbons (Fsp3) is 1.00. The van der Waals surface area contributed by atoms with Gasteiger partial charge in [-0.1, -0.05) is 41.5 Å². The first-order valence-electron chi connectivity index (χ1n) is 13.4. The van der Waals surface area contributed by atoms with Gasteiger partial charge in [0.25, 0.3) is 0 Å². The Morgan fingerprint density at radius 2 is 1.47 bits per heavy atom. The zero-order valence-corrected chi connectivity index (χ0v) is 20.7. The number of fused-ring (bicyclic) bond motifs is 5. The SMILES string of the molecule is CC(C)[C@H](C)C(C)[C@H](O)C[C@H]1CCC2C3CCC4C[C@H](O)CC[C@]4(C)C3CC[C@@]21C. The predicted molar refractivity (Wildman–Crippen MR) is 125 cm³/mol. The third kappa shape index (κ3) is 3.70. The van der Waals surface area contributed by atoms with Gasteiger partial charge in [0.2, 0.25) is 0 Å². The van der Waals surface area contributed by atoms with E-state index in [1.165, 1.54) is 44.9 Å². The monoisotopic (exact) mass is 418 g/mol. The van der Waals surface area contributed by atoms with Crippen molar-refractivity contribution in [3.05, 3.63) is 0 Å². The van der Waals surface area contributed by atoms with Crippen LogP contribution in [0.4, 0.5) is 0 Å². The van der Waals surface area contributed by atoms with E-state index in [1.807, 2.05) is 0 Å². The molecule has 0 aromatic rings. The lowest BCUT2D eigenvalue weighted by atomic mass is 9.44. The summed E-state index contributed by atoms with van der Waals surface area (Å²) < 4.78 is 0. The minimum Gasteiger partial charge on any atom is -0.393 e. The van der Waals surface area contributed by atoms with Crippen molar-refractivity contribution in [2.24, 2.45) is 58.2 Å². The molecule has 4 rings (SSSR count). The van der Waals surface area contributed by atoms with Gasteiger partial charge in [-0.25, -0.2) is 0 Å². The van der Waals surface area contributed by atoms with Crippen LogP contribution in [0.25, 0.3) is 0 Å². The van der Waals surface area contributed by atoms with Crippen molar-refractivity contribution < 1.29 is 10.2 Å². The Balaban J connectivity index is 1.46. The predicted octanol–water partition coefficient (Wildman–Crippen LogP) is 6.69. The third-order valence-electron chi connectivity index (χ3n) is 11.8. The summed E-state index contributed by atoms with van der Waals surface area (Å²) in [5.74, 6) is 5.73. The van der Waals surface area contributed by atoms with Gasteiger partial charge in [0.15, 0.2) is 0 Å². The molecule has 0 amide bonds. The molecule has 0 heterocycles. The van der Waals surface area contributed by atoms with E-state index < -0.39 is 0 Å². The molecule has 0 spiro atoms. The molecule has 11 atom stereocenters. The summed E-state index contributed by atoms with van der Waals surface area (Å²) in [4.78, 5) is 0. The van der Waals surface area contributed by atoms with Crippen LogP contribution in [0.3, 0.4) is 0 Å². The largest absolute Gasteiger partial charge is 0.393 e. The molecule has 2 nitrogen and oxygen atoms in total. The topological polar surface area (TPSA) is 40.5 Å². The summed E-state index contributed by atoms with van der Waals surface area (Å²) >= 11 is 0. The third-order valence-corrected chi connectivity index (χ3v) is 11.8. The summed E-state index contributed by atoms with van der Waals surface area (Å²) in [6, 6.07) is 0. The molecule has 0 aromatic carbocycles. The lowest BCUT2D eigenvalue weighted by Crippen LogP contribution is -2.54. The van der Waals surface area contributed by atoms with E-state index in [0.29, 0.717) is 34.5 Å². The molecule has 4 aliphatic rings. The first-order chi connectivity index (χ1) is 14.1. The number of hydrogen-bond donors (Lipinski definition) is 2. The van der Waals surface area contributed by atoms with Gasteiger partial charge < -0.3 is 10.2 Å². The van der Waals surface area contributed by atoms with Crippen LogP contribution in [0.2, 0.25) is 0 Å². The van der Waals surface area contributed by atoms with E-state index in [0.717, 1.165) is 42.9 Å². The summed E-state index contributed by atoms with van der Waals surface area (Å²) in [6.45, 7) is 14.4. The van der Waals surface area contributed by atoms with Crippen molar-refractivity contribution in [1.29, 1.82) is 0 Å². The van der Waals surface area contributed by atoms with Crippen LogP contribution in [0.15, 0.2) is 0 Å². The minimum atomic E-state index is -0.145. The maximum absolute atomic E-state index is 11.1. The van der Waals surface area contributed by atoms with Gasteiger partial charge in [-0.3, -0.25) is 0 Å². The number of aliphatic hydroxyl groups excluding tert-OH is 2. The molecule has 30 heavy (non-hydrogen) atoms. The van der Waals surface area contributed by atoms with E-state index in [2.05, 4.69) is 41.5 Å². The van der Waals surface area contributed by atoms with Crippen molar-refractivity contribution in [3.8, 4) is 0 Å². The second-order valence-corrected chi connectivity index (χ2v) is 13.2. The lowest BCUT2D eigenvalue weighted by molar-refractivity contribution is -0.128. The fourth-order valence-electron chi connectivity index (χ4n) is 9.20. The standard InChI is InChI=1S/C28H50O2/c1-17(2)18(3)19(4)26(30)16-21-8-10-24-23-9-7-20-15-22(29)11-13-27(20,5)25(23)12-14-28(21,24)6/h17-26,29-30H,7-16H2,1-6H3/t18-,19?,20?,21+,22+,23?,24?,25?,26+,27-,28+/m0/s1.